The molecule has 0 heterocycles. The summed E-state index contributed by atoms with van der Waals surface area (Å²) in [5, 5.41) is 0. The molecule has 2 nitrogen and oxygen atoms in total. The van der Waals surface area contributed by atoms with E-state index in [9.17, 15) is 0 Å². The summed E-state index contributed by atoms with van der Waals surface area (Å²) in [6.45, 7) is 10.2. The fourth-order valence-electron chi connectivity index (χ4n) is 3.74. The van der Waals surface area contributed by atoms with Crippen molar-refractivity contribution in [3.05, 3.63) is 58.7 Å². The lowest BCUT2D eigenvalue weighted by atomic mass is 10.1. The quantitative estimate of drug-likeness (QED) is 0.275. The third-order valence-electron chi connectivity index (χ3n) is 6.16. The molecule has 0 saturated heterocycles. The van der Waals surface area contributed by atoms with Crippen molar-refractivity contribution in [3.63, 3.8) is 0 Å². The lowest BCUT2D eigenvalue weighted by Crippen LogP contribution is -1.99. The molecule has 30 heavy (non-hydrogen) atoms. The van der Waals surface area contributed by atoms with Crippen molar-refractivity contribution in [2.24, 2.45) is 0 Å². The minimum absolute atomic E-state index is 0.842. The first-order valence-electron chi connectivity index (χ1n) is 12.0. The van der Waals surface area contributed by atoms with Crippen LogP contribution in [0.15, 0.2) is 36.4 Å². The van der Waals surface area contributed by atoms with Crippen LogP contribution in [-0.4, -0.2) is 13.2 Å². The highest BCUT2D eigenvalue weighted by Crippen LogP contribution is 2.22. The van der Waals surface area contributed by atoms with E-state index < -0.39 is 0 Å². The van der Waals surface area contributed by atoms with E-state index in [0.29, 0.717) is 0 Å². The van der Waals surface area contributed by atoms with Crippen molar-refractivity contribution < 1.29 is 9.47 Å². The van der Waals surface area contributed by atoms with E-state index in [1.54, 1.807) is 0 Å². The lowest BCUT2D eigenvalue weighted by Gasteiger charge is -2.11. The van der Waals surface area contributed by atoms with E-state index in [-0.39, 0.29) is 0 Å². The maximum atomic E-state index is 5.94. The zero-order chi connectivity index (χ0) is 21.6. The van der Waals surface area contributed by atoms with Gasteiger partial charge in [-0.1, -0.05) is 75.6 Å². The number of ether oxygens (including phenoxy) is 2. The van der Waals surface area contributed by atoms with E-state index in [4.69, 9.17) is 9.47 Å². The molecule has 0 bridgehead atoms. The van der Waals surface area contributed by atoms with Gasteiger partial charge in [0.2, 0.25) is 0 Å². The second kappa shape index (κ2) is 14.1. The molecule has 0 radical (unpaired) electrons. The Hall–Kier alpha value is -1.96. The highest BCUT2D eigenvalue weighted by atomic mass is 16.5. The van der Waals surface area contributed by atoms with Gasteiger partial charge in [0.15, 0.2) is 0 Å². The topological polar surface area (TPSA) is 18.5 Å². The molecule has 0 spiro atoms. The monoisotopic (exact) mass is 410 g/mol. The van der Waals surface area contributed by atoms with Crippen LogP contribution in [0.25, 0.3) is 0 Å². The van der Waals surface area contributed by atoms with Gasteiger partial charge in [-0.2, -0.15) is 0 Å². The molecule has 0 amide bonds. The molecule has 0 aliphatic carbocycles. The van der Waals surface area contributed by atoms with Crippen molar-refractivity contribution in [1.29, 1.82) is 0 Å². The van der Waals surface area contributed by atoms with Gasteiger partial charge in [0, 0.05) is 0 Å². The van der Waals surface area contributed by atoms with Gasteiger partial charge in [-0.05, 0) is 74.9 Å². The first-order valence-corrected chi connectivity index (χ1v) is 12.0. The number of benzene rings is 2. The van der Waals surface area contributed by atoms with Crippen LogP contribution in [0.5, 0.6) is 11.5 Å². The van der Waals surface area contributed by atoms with E-state index >= 15 is 0 Å². The summed E-state index contributed by atoms with van der Waals surface area (Å²) in [5.41, 5.74) is 5.16. The van der Waals surface area contributed by atoms with Gasteiger partial charge < -0.3 is 9.47 Å². The number of hydrogen-bond acceptors (Lipinski definition) is 2. The van der Waals surface area contributed by atoms with E-state index in [1.807, 2.05) is 0 Å². The third kappa shape index (κ3) is 8.81. The molecular weight excluding hydrogens is 368 g/mol. The molecular formula is C28H42O2. The van der Waals surface area contributed by atoms with Gasteiger partial charge in [-0.3, -0.25) is 0 Å². The summed E-state index contributed by atoms with van der Waals surface area (Å²) < 4.78 is 11.9. The molecule has 0 saturated carbocycles. The van der Waals surface area contributed by atoms with Crippen LogP contribution in [0.3, 0.4) is 0 Å². The summed E-state index contributed by atoms with van der Waals surface area (Å²) in [6, 6.07) is 12.6. The van der Waals surface area contributed by atoms with Gasteiger partial charge in [0.1, 0.15) is 11.5 Å². The van der Waals surface area contributed by atoms with Crippen molar-refractivity contribution in [3.8, 4) is 11.5 Å². The highest BCUT2D eigenvalue weighted by molar-refractivity contribution is 5.38. The summed E-state index contributed by atoms with van der Waals surface area (Å²) in [4.78, 5) is 0. The molecule has 2 heteroatoms. The SMILES string of the molecule is Cc1cccc(OCCCCCCCCCCCCOc2cccc(C)c2C)c1C. The highest BCUT2D eigenvalue weighted by Gasteiger charge is 2.02. The number of rotatable bonds is 15. The molecule has 0 aliphatic rings. The maximum Gasteiger partial charge on any atom is 0.122 e. The molecule has 0 atom stereocenters. The van der Waals surface area contributed by atoms with Crippen LogP contribution in [0.1, 0.15) is 86.5 Å². The Labute approximate surface area is 185 Å². The van der Waals surface area contributed by atoms with Crippen molar-refractivity contribution >= 4 is 0 Å². The summed E-state index contributed by atoms with van der Waals surface area (Å²) in [6.07, 6.45) is 13.0. The van der Waals surface area contributed by atoms with Crippen LogP contribution in [0.2, 0.25) is 0 Å². The normalized spacial score (nSPS) is 10.9. The minimum atomic E-state index is 0.842. The Balaban J connectivity index is 1.36. The van der Waals surface area contributed by atoms with Gasteiger partial charge in [-0.25, -0.2) is 0 Å². The average Bonchev–Trinajstić information content (AvgIpc) is 2.74. The number of hydrogen-bond donors (Lipinski definition) is 0. The standard InChI is InChI=1S/C28H42O2/c1-23-17-15-19-27(25(23)3)29-21-13-11-9-7-5-6-8-10-12-14-22-30-28-20-16-18-24(2)26(28)4/h15-20H,5-14,21-22H2,1-4H3. The maximum absolute atomic E-state index is 5.94. The van der Waals surface area contributed by atoms with Crippen LogP contribution in [0.4, 0.5) is 0 Å². The second-order valence-electron chi connectivity index (χ2n) is 8.63. The summed E-state index contributed by atoms with van der Waals surface area (Å²) >= 11 is 0. The third-order valence-corrected chi connectivity index (χ3v) is 6.16. The fourth-order valence-corrected chi connectivity index (χ4v) is 3.74. The average molecular weight is 411 g/mol. The molecule has 2 aromatic carbocycles. The molecule has 0 N–H and O–H groups in total. The predicted molar refractivity (Wildman–Crippen MR) is 129 cm³/mol. The smallest absolute Gasteiger partial charge is 0.122 e. The Bertz CT molecular complexity index is 672. The molecule has 0 aliphatic heterocycles. The van der Waals surface area contributed by atoms with Crippen LogP contribution in [-0.2, 0) is 0 Å². The largest absolute Gasteiger partial charge is 0.493 e. The Morgan fingerprint density at radius 3 is 1.17 bits per heavy atom. The predicted octanol–water partition coefficient (Wildman–Crippen LogP) is 8.28. The Morgan fingerprint density at radius 1 is 0.467 bits per heavy atom. The van der Waals surface area contributed by atoms with Gasteiger partial charge in [0.05, 0.1) is 13.2 Å². The zero-order valence-corrected chi connectivity index (χ0v) is 19.8. The minimum Gasteiger partial charge on any atom is -0.493 e. The summed E-state index contributed by atoms with van der Waals surface area (Å²) in [5.74, 6) is 2.10. The molecule has 0 aromatic heterocycles. The molecule has 0 fully saturated rings. The van der Waals surface area contributed by atoms with Gasteiger partial charge >= 0.3 is 0 Å². The van der Waals surface area contributed by atoms with Gasteiger partial charge in [0.25, 0.3) is 0 Å². The van der Waals surface area contributed by atoms with Crippen molar-refractivity contribution in [1.82, 2.24) is 0 Å². The van der Waals surface area contributed by atoms with Crippen molar-refractivity contribution in [2.75, 3.05) is 13.2 Å². The molecule has 0 unspecified atom stereocenters. The first kappa shape index (κ1) is 24.3. The Kier molecular flexibility index (Phi) is 11.4. The molecule has 2 rings (SSSR count). The number of aryl methyl sites for hydroxylation is 2. The number of unbranched alkanes of at least 4 members (excludes halogenated alkanes) is 9. The van der Waals surface area contributed by atoms with E-state index in [1.165, 1.54) is 73.6 Å². The molecule has 2 aromatic rings. The second-order valence-corrected chi connectivity index (χ2v) is 8.63. The van der Waals surface area contributed by atoms with Crippen molar-refractivity contribution in [2.45, 2.75) is 91.9 Å². The first-order chi connectivity index (χ1) is 14.6. The Morgan fingerprint density at radius 2 is 0.800 bits per heavy atom. The zero-order valence-electron chi connectivity index (χ0n) is 19.8. The van der Waals surface area contributed by atoms with E-state index in [2.05, 4.69) is 64.1 Å². The molecule has 166 valence electrons. The van der Waals surface area contributed by atoms with Crippen LogP contribution in [0, 0.1) is 27.7 Å². The van der Waals surface area contributed by atoms with Crippen LogP contribution >= 0.6 is 0 Å². The fraction of sp³-hybridized carbons (Fsp3) is 0.571. The van der Waals surface area contributed by atoms with Gasteiger partial charge in [-0.15, -0.1) is 0 Å². The lowest BCUT2D eigenvalue weighted by molar-refractivity contribution is 0.301. The summed E-state index contributed by atoms with van der Waals surface area (Å²) in [7, 11) is 0. The van der Waals surface area contributed by atoms with E-state index in [0.717, 1.165) is 37.6 Å². The van der Waals surface area contributed by atoms with Crippen LogP contribution < -0.4 is 9.47 Å².